The molecule has 0 unspecified atom stereocenters. The number of aryl methyl sites for hydroxylation is 2. The van der Waals surface area contributed by atoms with Crippen LogP contribution < -0.4 is 4.74 Å². The lowest BCUT2D eigenvalue weighted by Crippen LogP contribution is -2.05. The van der Waals surface area contributed by atoms with Gasteiger partial charge >= 0.3 is 0 Å². The van der Waals surface area contributed by atoms with E-state index < -0.39 is 0 Å². The Balaban J connectivity index is 2.56. The zero-order chi connectivity index (χ0) is 13.3. The second-order valence-electron chi connectivity index (χ2n) is 4.18. The van der Waals surface area contributed by atoms with Crippen molar-refractivity contribution >= 4 is 17.1 Å². The Kier molecular flexibility index (Phi) is 3.48. The minimum Gasteiger partial charge on any atom is -0.496 e. The van der Waals surface area contributed by atoms with Crippen molar-refractivity contribution < 1.29 is 9.53 Å². The lowest BCUT2D eigenvalue weighted by atomic mass is 10.0. The molecule has 1 heterocycles. The smallest absolute Gasteiger partial charge is 0.208 e. The van der Waals surface area contributed by atoms with Gasteiger partial charge in [0.15, 0.2) is 0 Å². The van der Waals surface area contributed by atoms with Gasteiger partial charge in [-0.25, -0.2) is 4.98 Å². The summed E-state index contributed by atoms with van der Waals surface area (Å²) in [5, 5.41) is 0. The Morgan fingerprint density at radius 1 is 1.28 bits per heavy atom. The van der Waals surface area contributed by atoms with Crippen LogP contribution in [-0.2, 0) is 0 Å². The van der Waals surface area contributed by atoms with Crippen LogP contribution in [0.1, 0.15) is 32.1 Å². The van der Waals surface area contributed by atoms with Gasteiger partial charge in [-0.1, -0.05) is 6.07 Å². The lowest BCUT2D eigenvalue weighted by molar-refractivity contribution is 0.103. The zero-order valence-corrected chi connectivity index (χ0v) is 11.7. The maximum absolute atomic E-state index is 12.5. The van der Waals surface area contributed by atoms with Crippen LogP contribution in [0.2, 0.25) is 0 Å². The molecule has 1 aromatic heterocycles. The van der Waals surface area contributed by atoms with Gasteiger partial charge in [0.2, 0.25) is 5.78 Å². The number of ketones is 1. The molecule has 3 nitrogen and oxygen atoms in total. The van der Waals surface area contributed by atoms with Crippen molar-refractivity contribution in [1.29, 1.82) is 0 Å². The molecule has 4 heteroatoms. The monoisotopic (exact) mass is 261 g/mol. The number of aromatic nitrogens is 1. The first-order valence-electron chi connectivity index (χ1n) is 5.65. The van der Waals surface area contributed by atoms with E-state index in [9.17, 15) is 4.79 Å². The number of hydrogen-bond acceptors (Lipinski definition) is 4. The minimum atomic E-state index is -0.0186. The number of hydrogen-bond donors (Lipinski definition) is 0. The van der Waals surface area contributed by atoms with E-state index in [2.05, 4.69) is 4.98 Å². The average Bonchev–Trinajstić information content (AvgIpc) is 2.78. The van der Waals surface area contributed by atoms with Gasteiger partial charge in [-0.3, -0.25) is 4.79 Å². The normalized spacial score (nSPS) is 10.4. The fourth-order valence-electron chi connectivity index (χ4n) is 1.87. The molecule has 0 amide bonds. The summed E-state index contributed by atoms with van der Waals surface area (Å²) in [5.74, 6) is 0.641. The summed E-state index contributed by atoms with van der Waals surface area (Å²) in [6.07, 6.45) is 0. The van der Waals surface area contributed by atoms with Crippen LogP contribution in [0.25, 0.3) is 0 Å². The van der Waals surface area contributed by atoms with E-state index in [1.807, 2.05) is 32.9 Å². The molecule has 0 fully saturated rings. The van der Waals surface area contributed by atoms with E-state index in [1.54, 1.807) is 12.6 Å². The summed E-state index contributed by atoms with van der Waals surface area (Å²) >= 11 is 1.37. The molecule has 0 saturated heterocycles. The molecular weight excluding hydrogens is 246 g/mol. The Morgan fingerprint density at radius 3 is 2.56 bits per heavy atom. The highest BCUT2D eigenvalue weighted by atomic mass is 32.1. The van der Waals surface area contributed by atoms with E-state index in [1.165, 1.54) is 11.3 Å². The van der Waals surface area contributed by atoms with Crippen LogP contribution in [0.4, 0.5) is 0 Å². The number of methoxy groups -OCH3 is 1. The molecule has 94 valence electrons. The van der Waals surface area contributed by atoms with Gasteiger partial charge in [-0.2, -0.15) is 0 Å². The van der Waals surface area contributed by atoms with Gasteiger partial charge in [0.1, 0.15) is 5.75 Å². The highest BCUT2D eigenvalue weighted by Crippen LogP contribution is 2.29. The second kappa shape index (κ2) is 4.90. The molecule has 0 atom stereocenters. The van der Waals surface area contributed by atoms with Gasteiger partial charge < -0.3 is 4.74 Å². The minimum absolute atomic E-state index is 0.0186. The summed E-state index contributed by atoms with van der Waals surface area (Å²) in [7, 11) is 1.60. The van der Waals surface area contributed by atoms with Crippen LogP contribution in [-0.4, -0.2) is 17.9 Å². The number of carbonyl (C=O) groups excluding carboxylic acids is 1. The Bertz CT molecular complexity index is 602. The van der Waals surface area contributed by atoms with E-state index in [4.69, 9.17) is 4.74 Å². The van der Waals surface area contributed by atoms with Crippen molar-refractivity contribution in [1.82, 2.24) is 4.98 Å². The molecule has 18 heavy (non-hydrogen) atoms. The van der Waals surface area contributed by atoms with Crippen LogP contribution in [0.3, 0.4) is 0 Å². The highest BCUT2D eigenvalue weighted by molar-refractivity contribution is 7.12. The van der Waals surface area contributed by atoms with Crippen LogP contribution in [0, 0.1) is 20.8 Å². The third-order valence-electron chi connectivity index (χ3n) is 3.08. The number of benzene rings is 1. The first-order chi connectivity index (χ1) is 8.56. The van der Waals surface area contributed by atoms with E-state index in [-0.39, 0.29) is 5.78 Å². The van der Waals surface area contributed by atoms with E-state index >= 15 is 0 Å². The number of thiazole rings is 1. The van der Waals surface area contributed by atoms with Crippen molar-refractivity contribution in [2.24, 2.45) is 0 Å². The number of ether oxygens (including phenoxy) is 1. The van der Waals surface area contributed by atoms with E-state index in [0.29, 0.717) is 16.2 Å². The zero-order valence-electron chi connectivity index (χ0n) is 10.9. The lowest BCUT2D eigenvalue weighted by Gasteiger charge is -2.12. The standard InChI is InChI=1S/C14H15NO2S/c1-8-5-6-11(13(17-4)9(8)2)12(16)14-10(3)15-7-18-14/h5-7H,1-4H3. The molecule has 0 radical (unpaired) electrons. The Hall–Kier alpha value is -1.68. The predicted octanol–water partition coefficient (Wildman–Crippen LogP) is 3.31. The van der Waals surface area contributed by atoms with E-state index in [0.717, 1.165) is 16.8 Å². The van der Waals surface area contributed by atoms with Crippen molar-refractivity contribution in [3.05, 3.63) is 44.9 Å². The first-order valence-corrected chi connectivity index (χ1v) is 6.53. The largest absolute Gasteiger partial charge is 0.496 e. The van der Waals surface area contributed by atoms with Gasteiger partial charge in [0.25, 0.3) is 0 Å². The molecule has 0 bridgehead atoms. The van der Waals surface area contributed by atoms with Gasteiger partial charge in [0, 0.05) is 0 Å². The molecule has 2 aromatic rings. The Labute approximate surface area is 110 Å². The maximum Gasteiger partial charge on any atom is 0.208 e. The van der Waals surface area contributed by atoms with Crippen LogP contribution in [0.5, 0.6) is 5.75 Å². The quantitative estimate of drug-likeness (QED) is 0.796. The fraction of sp³-hybridized carbons (Fsp3) is 0.286. The summed E-state index contributed by atoms with van der Waals surface area (Å²) in [6.45, 7) is 5.81. The molecule has 0 N–H and O–H groups in total. The molecule has 0 saturated carbocycles. The SMILES string of the molecule is COc1c(C(=O)c2scnc2C)ccc(C)c1C. The maximum atomic E-state index is 12.5. The van der Waals surface area contributed by atoms with Gasteiger partial charge in [-0.05, 0) is 38.0 Å². The van der Waals surface area contributed by atoms with Crippen molar-refractivity contribution in [3.63, 3.8) is 0 Å². The first kappa shape index (κ1) is 12.8. The number of rotatable bonds is 3. The van der Waals surface area contributed by atoms with Crippen molar-refractivity contribution in [3.8, 4) is 5.75 Å². The summed E-state index contributed by atoms with van der Waals surface area (Å²) < 4.78 is 5.38. The second-order valence-corrected chi connectivity index (χ2v) is 5.04. The summed E-state index contributed by atoms with van der Waals surface area (Å²) in [4.78, 5) is 17.3. The third kappa shape index (κ3) is 2.04. The molecule has 0 aliphatic rings. The molecule has 0 aliphatic heterocycles. The average molecular weight is 261 g/mol. The molecule has 1 aromatic carbocycles. The summed E-state index contributed by atoms with van der Waals surface area (Å²) in [5.41, 5.74) is 5.18. The predicted molar refractivity (Wildman–Crippen MR) is 72.8 cm³/mol. The summed E-state index contributed by atoms with van der Waals surface area (Å²) in [6, 6.07) is 3.77. The fourth-order valence-corrected chi connectivity index (χ4v) is 2.63. The van der Waals surface area contributed by atoms with Crippen molar-refractivity contribution in [2.75, 3.05) is 7.11 Å². The third-order valence-corrected chi connectivity index (χ3v) is 4.00. The number of carbonyl (C=O) groups is 1. The van der Waals surface area contributed by atoms with Gasteiger partial charge in [0.05, 0.1) is 28.8 Å². The topological polar surface area (TPSA) is 39.2 Å². The van der Waals surface area contributed by atoms with Gasteiger partial charge in [-0.15, -0.1) is 11.3 Å². The van der Waals surface area contributed by atoms with Crippen LogP contribution >= 0.6 is 11.3 Å². The number of nitrogens with zero attached hydrogens (tertiary/aromatic N) is 1. The highest BCUT2D eigenvalue weighted by Gasteiger charge is 2.20. The molecule has 2 rings (SSSR count). The molecular formula is C14H15NO2S. The molecule has 0 spiro atoms. The van der Waals surface area contributed by atoms with Crippen molar-refractivity contribution in [2.45, 2.75) is 20.8 Å². The van der Waals surface area contributed by atoms with Crippen LogP contribution in [0.15, 0.2) is 17.6 Å². The molecule has 0 aliphatic carbocycles. The Morgan fingerprint density at radius 2 is 2.00 bits per heavy atom.